The molecule has 25 heavy (non-hydrogen) atoms. The van der Waals surface area contributed by atoms with Gasteiger partial charge in [0.1, 0.15) is 5.82 Å². The number of nitrogens with zero attached hydrogens (tertiary/aromatic N) is 3. The zero-order chi connectivity index (χ0) is 17.5. The summed E-state index contributed by atoms with van der Waals surface area (Å²) in [7, 11) is 0. The number of nitrogens with one attached hydrogen (secondary N) is 1. The molecular formula is C18H17FN4O2. The summed E-state index contributed by atoms with van der Waals surface area (Å²) in [6, 6.07) is 9.81. The van der Waals surface area contributed by atoms with E-state index in [9.17, 15) is 9.18 Å². The molecule has 0 saturated heterocycles. The highest BCUT2D eigenvalue weighted by Gasteiger charge is 2.10. The molecule has 6 nitrogen and oxygen atoms in total. The second-order valence-corrected chi connectivity index (χ2v) is 5.47. The summed E-state index contributed by atoms with van der Waals surface area (Å²) in [4.78, 5) is 20.1. The van der Waals surface area contributed by atoms with Crippen molar-refractivity contribution in [2.24, 2.45) is 0 Å². The molecule has 0 saturated carbocycles. The third-order valence-corrected chi connectivity index (χ3v) is 3.62. The lowest BCUT2D eigenvalue weighted by Crippen LogP contribution is -2.25. The standard InChI is InChI=1S/C18H17FN4O2/c19-15-3-1-13(2-4-15)7-12-21-16(24)5-6-17-22-18(23-25-17)14-8-10-20-11-9-14/h1-4,8-11H,5-7,12H2,(H,21,24). The number of hydrogen-bond acceptors (Lipinski definition) is 5. The van der Waals surface area contributed by atoms with Crippen LogP contribution >= 0.6 is 0 Å². The Morgan fingerprint density at radius 1 is 1.08 bits per heavy atom. The lowest BCUT2D eigenvalue weighted by molar-refractivity contribution is -0.121. The molecule has 3 aromatic rings. The van der Waals surface area contributed by atoms with Crippen LogP contribution in [0.3, 0.4) is 0 Å². The first-order chi connectivity index (χ1) is 12.2. The number of benzene rings is 1. The van der Waals surface area contributed by atoms with Gasteiger partial charge in [0.2, 0.25) is 17.6 Å². The van der Waals surface area contributed by atoms with E-state index in [2.05, 4.69) is 20.4 Å². The van der Waals surface area contributed by atoms with Crippen LogP contribution in [0.15, 0.2) is 53.3 Å². The molecule has 0 bridgehead atoms. The molecule has 1 aromatic carbocycles. The average Bonchev–Trinajstić information content (AvgIpc) is 3.11. The van der Waals surface area contributed by atoms with Gasteiger partial charge in [0, 0.05) is 37.3 Å². The van der Waals surface area contributed by atoms with Crippen LogP contribution < -0.4 is 5.32 Å². The Hall–Kier alpha value is -3.09. The lowest BCUT2D eigenvalue weighted by atomic mass is 10.1. The summed E-state index contributed by atoms with van der Waals surface area (Å²) in [5, 5.41) is 6.72. The summed E-state index contributed by atoms with van der Waals surface area (Å²) in [6.45, 7) is 0.497. The number of aromatic nitrogens is 3. The second-order valence-electron chi connectivity index (χ2n) is 5.47. The van der Waals surface area contributed by atoms with E-state index in [1.807, 2.05) is 0 Å². The van der Waals surface area contributed by atoms with E-state index in [-0.39, 0.29) is 18.1 Å². The number of aryl methyl sites for hydroxylation is 1. The van der Waals surface area contributed by atoms with Crippen LogP contribution in [-0.4, -0.2) is 27.6 Å². The topological polar surface area (TPSA) is 80.9 Å². The fraction of sp³-hybridized carbons (Fsp3) is 0.222. The Kier molecular flexibility index (Phi) is 5.46. The Labute approximate surface area is 144 Å². The predicted octanol–water partition coefficient (Wildman–Crippen LogP) is 2.56. The molecule has 0 spiro atoms. The summed E-state index contributed by atoms with van der Waals surface area (Å²) in [6.07, 6.45) is 4.60. The molecule has 0 atom stereocenters. The largest absolute Gasteiger partial charge is 0.356 e. The first kappa shape index (κ1) is 16.8. The number of carbonyl (C=O) groups is 1. The summed E-state index contributed by atoms with van der Waals surface area (Å²) < 4.78 is 18.0. The van der Waals surface area contributed by atoms with E-state index >= 15 is 0 Å². The van der Waals surface area contributed by atoms with Gasteiger partial charge in [0.25, 0.3) is 0 Å². The Balaban J connectivity index is 1.42. The lowest BCUT2D eigenvalue weighted by Gasteiger charge is -2.04. The van der Waals surface area contributed by atoms with Crippen LogP contribution in [0.1, 0.15) is 17.9 Å². The van der Waals surface area contributed by atoms with Crippen molar-refractivity contribution in [1.82, 2.24) is 20.4 Å². The van der Waals surface area contributed by atoms with Crippen LogP contribution in [0, 0.1) is 5.82 Å². The van der Waals surface area contributed by atoms with E-state index < -0.39 is 0 Å². The number of halogens is 1. The third-order valence-electron chi connectivity index (χ3n) is 3.62. The Morgan fingerprint density at radius 3 is 2.60 bits per heavy atom. The van der Waals surface area contributed by atoms with Crippen molar-refractivity contribution in [3.8, 4) is 11.4 Å². The highest BCUT2D eigenvalue weighted by molar-refractivity contribution is 5.76. The van der Waals surface area contributed by atoms with Gasteiger partial charge < -0.3 is 9.84 Å². The van der Waals surface area contributed by atoms with Crippen molar-refractivity contribution >= 4 is 5.91 Å². The zero-order valence-electron chi connectivity index (χ0n) is 13.5. The van der Waals surface area contributed by atoms with E-state index in [0.717, 1.165) is 11.1 Å². The maximum absolute atomic E-state index is 12.8. The molecule has 128 valence electrons. The van der Waals surface area contributed by atoms with Crippen molar-refractivity contribution in [3.05, 3.63) is 66.1 Å². The van der Waals surface area contributed by atoms with Gasteiger partial charge in [-0.3, -0.25) is 9.78 Å². The minimum Gasteiger partial charge on any atom is -0.356 e. The predicted molar refractivity (Wildman–Crippen MR) is 89.0 cm³/mol. The molecule has 1 amide bonds. The van der Waals surface area contributed by atoms with Crippen molar-refractivity contribution < 1.29 is 13.7 Å². The molecule has 0 fully saturated rings. The highest BCUT2D eigenvalue weighted by atomic mass is 19.1. The van der Waals surface area contributed by atoms with Crippen molar-refractivity contribution in [1.29, 1.82) is 0 Å². The fourth-order valence-electron chi connectivity index (χ4n) is 2.28. The maximum atomic E-state index is 12.8. The van der Waals surface area contributed by atoms with Crippen LogP contribution in [0.25, 0.3) is 11.4 Å². The third kappa shape index (κ3) is 4.94. The monoisotopic (exact) mass is 340 g/mol. The van der Waals surface area contributed by atoms with Gasteiger partial charge in [-0.25, -0.2) is 4.39 Å². The molecule has 1 N–H and O–H groups in total. The number of carbonyl (C=O) groups excluding carboxylic acids is 1. The first-order valence-electron chi connectivity index (χ1n) is 7.95. The fourth-order valence-corrected chi connectivity index (χ4v) is 2.28. The van der Waals surface area contributed by atoms with E-state index in [1.165, 1.54) is 12.1 Å². The van der Waals surface area contributed by atoms with Gasteiger partial charge in [-0.15, -0.1) is 0 Å². The molecule has 0 radical (unpaired) electrons. The first-order valence-corrected chi connectivity index (χ1v) is 7.95. The normalized spacial score (nSPS) is 10.6. The molecule has 3 rings (SSSR count). The van der Waals surface area contributed by atoms with Crippen LogP contribution in [0.4, 0.5) is 4.39 Å². The van der Waals surface area contributed by atoms with Crippen LogP contribution in [0.2, 0.25) is 0 Å². The van der Waals surface area contributed by atoms with Gasteiger partial charge in [0.15, 0.2) is 0 Å². The molecule has 7 heteroatoms. The molecule has 0 aliphatic heterocycles. The van der Waals surface area contributed by atoms with Gasteiger partial charge >= 0.3 is 0 Å². The number of amides is 1. The van der Waals surface area contributed by atoms with E-state index in [0.29, 0.717) is 31.1 Å². The summed E-state index contributed by atoms with van der Waals surface area (Å²) >= 11 is 0. The number of rotatable bonds is 7. The smallest absolute Gasteiger partial charge is 0.227 e. The molecule has 0 aliphatic rings. The minimum absolute atomic E-state index is 0.0919. The zero-order valence-corrected chi connectivity index (χ0v) is 13.5. The van der Waals surface area contributed by atoms with E-state index in [1.54, 1.807) is 36.7 Å². The average molecular weight is 340 g/mol. The van der Waals surface area contributed by atoms with Crippen molar-refractivity contribution in [3.63, 3.8) is 0 Å². The van der Waals surface area contributed by atoms with Gasteiger partial charge in [-0.2, -0.15) is 4.98 Å². The van der Waals surface area contributed by atoms with Gasteiger partial charge in [-0.05, 0) is 36.2 Å². The summed E-state index contributed by atoms with van der Waals surface area (Å²) in [5.74, 6) is 0.541. The molecule has 0 aliphatic carbocycles. The quantitative estimate of drug-likeness (QED) is 0.715. The Morgan fingerprint density at radius 2 is 1.84 bits per heavy atom. The maximum Gasteiger partial charge on any atom is 0.227 e. The number of hydrogen-bond donors (Lipinski definition) is 1. The summed E-state index contributed by atoms with van der Waals surface area (Å²) in [5.41, 5.74) is 1.79. The number of pyridine rings is 1. The van der Waals surface area contributed by atoms with E-state index in [4.69, 9.17) is 4.52 Å². The molecular weight excluding hydrogens is 323 g/mol. The van der Waals surface area contributed by atoms with Gasteiger partial charge in [-0.1, -0.05) is 17.3 Å². The molecule has 0 unspecified atom stereocenters. The molecule has 2 heterocycles. The minimum atomic E-state index is -0.265. The van der Waals surface area contributed by atoms with Crippen molar-refractivity contribution in [2.45, 2.75) is 19.3 Å². The second kappa shape index (κ2) is 8.14. The highest BCUT2D eigenvalue weighted by Crippen LogP contribution is 2.14. The van der Waals surface area contributed by atoms with Crippen molar-refractivity contribution in [2.75, 3.05) is 6.54 Å². The van der Waals surface area contributed by atoms with Crippen LogP contribution in [-0.2, 0) is 17.6 Å². The van der Waals surface area contributed by atoms with Gasteiger partial charge in [0.05, 0.1) is 0 Å². The van der Waals surface area contributed by atoms with Crippen LogP contribution in [0.5, 0.6) is 0 Å². The SMILES string of the molecule is O=C(CCc1nc(-c2ccncc2)no1)NCCc1ccc(F)cc1. The Bertz CT molecular complexity index is 819. The molecule has 2 aromatic heterocycles.